The molecular weight excluding hydrogens is 396 g/mol. The zero-order valence-corrected chi connectivity index (χ0v) is 19.4. The highest BCUT2D eigenvalue weighted by molar-refractivity contribution is 6.00. The van der Waals surface area contributed by atoms with Crippen molar-refractivity contribution in [1.29, 1.82) is 0 Å². The highest BCUT2D eigenvalue weighted by Crippen LogP contribution is 2.69. The zero-order valence-electron chi connectivity index (χ0n) is 19.4. The summed E-state index contributed by atoms with van der Waals surface area (Å²) in [4.78, 5) is 26.8. The molecule has 0 radical (unpaired) electrons. The lowest BCUT2D eigenvalue weighted by Crippen LogP contribution is -2.72. The van der Waals surface area contributed by atoms with Gasteiger partial charge in [-0.25, -0.2) is 0 Å². The summed E-state index contributed by atoms with van der Waals surface area (Å²) in [5.74, 6) is -2.71. The third-order valence-corrected chi connectivity index (χ3v) is 9.21. The van der Waals surface area contributed by atoms with Crippen molar-refractivity contribution in [2.75, 3.05) is 0 Å². The fraction of sp³-hybridized carbons (Fsp3) is 0.840. The van der Waals surface area contributed by atoms with Crippen LogP contribution in [0, 0.1) is 41.4 Å². The Morgan fingerprint density at radius 1 is 1.26 bits per heavy atom. The average molecular weight is 433 g/mol. The molecule has 172 valence electrons. The molecule has 5 rings (SSSR count). The molecule has 6 nitrogen and oxygen atoms in total. The van der Waals surface area contributed by atoms with Gasteiger partial charge in [-0.1, -0.05) is 27.7 Å². The summed E-state index contributed by atoms with van der Waals surface area (Å²) in [5.41, 5.74) is -2.00. The monoisotopic (exact) mass is 432 g/mol. The molecule has 11 atom stereocenters. The molecule has 2 saturated carbocycles. The second kappa shape index (κ2) is 6.49. The van der Waals surface area contributed by atoms with Gasteiger partial charge in [-0.2, -0.15) is 0 Å². The topological polar surface area (TPSA) is 93.1 Å². The zero-order chi connectivity index (χ0) is 22.7. The maximum absolute atomic E-state index is 14.0. The Morgan fingerprint density at radius 2 is 1.94 bits per heavy atom. The highest BCUT2D eigenvalue weighted by atomic mass is 16.7. The molecule has 5 aliphatic rings. The fourth-order valence-corrected chi connectivity index (χ4v) is 8.19. The van der Waals surface area contributed by atoms with Crippen LogP contribution in [-0.4, -0.2) is 51.0 Å². The van der Waals surface area contributed by atoms with Crippen LogP contribution in [0.25, 0.3) is 0 Å². The Morgan fingerprint density at radius 3 is 2.52 bits per heavy atom. The number of rotatable bonds is 4. The van der Waals surface area contributed by atoms with E-state index in [9.17, 15) is 19.8 Å². The Labute approximate surface area is 184 Å². The quantitative estimate of drug-likeness (QED) is 0.710. The number of ketones is 2. The van der Waals surface area contributed by atoms with Crippen LogP contribution in [0.3, 0.4) is 0 Å². The molecule has 0 unspecified atom stereocenters. The molecule has 0 aromatic rings. The van der Waals surface area contributed by atoms with Gasteiger partial charge < -0.3 is 19.7 Å². The number of hydrogen-bond donors (Lipinski definition) is 2. The third-order valence-electron chi connectivity index (χ3n) is 9.21. The van der Waals surface area contributed by atoms with Crippen molar-refractivity contribution in [3.63, 3.8) is 0 Å². The van der Waals surface area contributed by atoms with Crippen molar-refractivity contribution in [1.82, 2.24) is 0 Å². The molecule has 31 heavy (non-hydrogen) atoms. The van der Waals surface area contributed by atoms with Gasteiger partial charge in [-0.3, -0.25) is 9.59 Å². The summed E-state index contributed by atoms with van der Waals surface area (Å²) in [6.07, 6.45) is 2.05. The number of aliphatic hydroxyl groups excluding tert-OH is 1. The first-order valence-electron chi connectivity index (χ1n) is 11.9. The first-order chi connectivity index (χ1) is 14.4. The van der Waals surface area contributed by atoms with Crippen LogP contribution in [0.1, 0.15) is 60.8 Å². The summed E-state index contributed by atoms with van der Waals surface area (Å²) in [6, 6.07) is 0. The number of carbonyl (C=O) groups is 2. The predicted molar refractivity (Wildman–Crippen MR) is 113 cm³/mol. The SMILES string of the molecule is CC1=C[C@@H](O)[C@H](C[C@@]2(C)O[C@@]3(CC(C)C)O[C@H]4C[C@H](C)[C@H]5C(=O)[C@@H]2[C@]3(O)[C@H](C)[C@H]54)C1=O. The summed E-state index contributed by atoms with van der Waals surface area (Å²) in [7, 11) is 0. The van der Waals surface area contributed by atoms with Gasteiger partial charge in [0.25, 0.3) is 0 Å². The van der Waals surface area contributed by atoms with E-state index in [2.05, 4.69) is 27.7 Å². The van der Waals surface area contributed by atoms with E-state index in [1.807, 2.05) is 6.92 Å². The number of carbonyl (C=O) groups excluding carboxylic acids is 2. The van der Waals surface area contributed by atoms with Crippen LogP contribution >= 0.6 is 0 Å². The first-order valence-corrected chi connectivity index (χ1v) is 11.9. The van der Waals surface area contributed by atoms with Gasteiger partial charge in [0, 0.05) is 18.3 Å². The highest BCUT2D eigenvalue weighted by Gasteiger charge is 2.82. The second-order valence-electron chi connectivity index (χ2n) is 11.7. The Hall–Kier alpha value is -1.08. The Kier molecular flexibility index (Phi) is 4.56. The molecule has 0 amide bonds. The summed E-state index contributed by atoms with van der Waals surface area (Å²) >= 11 is 0. The maximum Gasteiger partial charge on any atom is 0.199 e. The normalized spacial score (nSPS) is 55.3. The summed E-state index contributed by atoms with van der Waals surface area (Å²) in [5, 5.41) is 22.9. The predicted octanol–water partition coefficient (Wildman–Crippen LogP) is 2.65. The standard InChI is InChI=1S/C25H36O6/c1-11(2)9-24-25(29)14(5)19-17(30-24)8-12(3)18(19)21(28)22(25)23(6,31-24)10-15-16(26)7-13(4)20(15)27/h7,11-12,14-19,22,26,29H,8-10H2,1-6H3/t12-,14+,15-,16+,17-,18+,19-,22-,23+,24+,25+/m0/s1. The minimum Gasteiger partial charge on any atom is -0.388 e. The minimum atomic E-state index is -1.44. The van der Waals surface area contributed by atoms with Crippen molar-refractivity contribution < 1.29 is 29.3 Å². The number of aliphatic hydroxyl groups is 2. The number of Topliss-reactive ketones (excluding diaryl/α,β-unsaturated/α-hetero) is 2. The molecule has 4 fully saturated rings. The van der Waals surface area contributed by atoms with Crippen LogP contribution in [0.15, 0.2) is 11.6 Å². The van der Waals surface area contributed by atoms with Crippen LogP contribution in [0.2, 0.25) is 0 Å². The van der Waals surface area contributed by atoms with Crippen molar-refractivity contribution in [3.05, 3.63) is 11.6 Å². The Balaban J connectivity index is 1.63. The van der Waals surface area contributed by atoms with Crippen LogP contribution in [0.5, 0.6) is 0 Å². The molecule has 2 aliphatic heterocycles. The van der Waals surface area contributed by atoms with Gasteiger partial charge in [0.2, 0.25) is 0 Å². The van der Waals surface area contributed by atoms with E-state index in [1.165, 1.54) is 0 Å². The van der Waals surface area contributed by atoms with Gasteiger partial charge in [-0.05, 0) is 56.1 Å². The fourth-order valence-electron chi connectivity index (χ4n) is 8.19. The van der Waals surface area contributed by atoms with Gasteiger partial charge in [-0.15, -0.1) is 0 Å². The molecule has 2 bridgehead atoms. The van der Waals surface area contributed by atoms with Gasteiger partial charge in [0.05, 0.1) is 29.6 Å². The average Bonchev–Trinajstić information content (AvgIpc) is 3.17. The molecule has 2 heterocycles. The largest absolute Gasteiger partial charge is 0.388 e. The molecule has 0 aromatic heterocycles. The third kappa shape index (κ3) is 2.54. The van der Waals surface area contributed by atoms with Crippen molar-refractivity contribution in [2.24, 2.45) is 41.4 Å². The van der Waals surface area contributed by atoms with E-state index >= 15 is 0 Å². The van der Waals surface area contributed by atoms with E-state index in [-0.39, 0.29) is 53.7 Å². The molecule has 6 heteroatoms. The van der Waals surface area contributed by atoms with Gasteiger partial charge in [0.1, 0.15) is 11.4 Å². The molecule has 2 saturated heterocycles. The van der Waals surface area contributed by atoms with E-state index in [4.69, 9.17) is 9.47 Å². The Bertz CT molecular complexity index is 864. The number of hydrogen-bond acceptors (Lipinski definition) is 6. The van der Waals surface area contributed by atoms with Crippen LogP contribution in [0.4, 0.5) is 0 Å². The molecule has 2 N–H and O–H groups in total. The van der Waals surface area contributed by atoms with Gasteiger partial charge >= 0.3 is 0 Å². The molecular formula is C25H36O6. The van der Waals surface area contributed by atoms with Crippen LogP contribution < -0.4 is 0 Å². The lowest BCUT2D eigenvalue weighted by molar-refractivity contribution is -0.369. The number of allylic oxidation sites excluding steroid dienone is 1. The smallest absolute Gasteiger partial charge is 0.199 e. The minimum absolute atomic E-state index is 0.00222. The molecule has 0 aromatic carbocycles. The summed E-state index contributed by atoms with van der Waals surface area (Å²) in [6.45, 7) is 11.8. The first kappa shape index (κ1) is 21.7. The lowest BCUT2D eigenvalue weighted by Gasteiger charge is -2.58. The van der Waals surface area contributed by atoms with Crippen molar-refractivity contribution >= 4 is 11.6 Å². The second-order valence-corrected chi connectivity index (χ2v) is 11.7. The lowest BCUT2D eigenvalue weighted by atomic mass is 9.52. The molecule has 3 aliphatic carbocycles. The summed E-state index contributed by atoms with van der Waals surface area (Å²) < 4.78 is 13.4. The van der Waals surface area contributed by atoms with Crippen LogP contribution in [-0.2, 0) is 19.1 Å². The van der Waals surface area contributed by atoms with Crippen molar-refractivity contribution in [3.8, 4) is 0 Å². The number of ether oxygens (including phenoxy) is 2. The van der Waals surface area contributed by atoms with E-state index in [0.29, 0.717) is 12.0 Å². The van der Waals surface area contributed by atoms with Crippen molar-refractivity contribution in [2.45, 2.75) is 90.0 Å². The maximum atomic E-state index is 14.0. The van der Waals surface area contributed by atoms with E-state index in [1.54, 1.807) is 13.0 Å². The van der Waals surface area contributed by atoms with E-state index < -0.39 is 34.9 Å². The molecule has 0 spiro atoms. The van der Waals surface area contributed by atoms with Gasteiger partial charge in [0.15, 0.2) is 11.6 Å². The van der Waals surface area contributed by atoms with E-state index in [0.717, 1.165) is 6.42 Å².